The molecule has 0 saturated heterocycles. The monoisotopic (exact) mass is 296 g/mol. The molecule has 1 amide bonds. The second kappa shape index (κ2) is 5.44. The van der Waals surface area contributed by atoms with Gasteiger partial charge in [-0.05, 0) is 24.3 Å². The Kier molecular flexibility index (Phi) is 3.47. The van der Waals surface area contributed by atoms with Crippen molar-refractivity contribution in [2.45, 2.75) is 0 Å². The molecule has 0 radical (unpaired) electrons. The van der Waals surface area contributed by atoms with E-state index in [-0.39, 0.29) is 11.5 Å². The van der Waals surface area contributed by atoms with E-state index in [1.807, 2.05) is 18.2 Å². The van der Waals surface area contributed by atoms with Crippen LogP contribution in [0.15, 0.2) is 42.5 Å². The molecule has 0 aliphatic rings. The van der Waals surface area contributed by atoms with Crippen molar-refractivity contribution in [2.24, 2.45) is 0 Å². The summed E-state index contributed by atoms with van der Waals surface area (Å²) < 4.78 is 14.2. The molecule has 5 heteroatoms. The quantitative estimate of drug-likeness (QED) is 0.729. The fourth-order valence-corrected chi connectivity index (χ4v) is 2.50. The SMILES string of the molecule is CNC(=O)c1ccc(F)c(-c2[nH]c3ccccc3c2C=O)c1. The van der Waals surface area contributed by atoms with Crippen LogP contribution in [-0.4, -0.2) is 24.2 Å². The molecule has 0 aliphatic carbocycles. The average Bonchev–Trinajstić information content (AvgIpc) is 2.92. The van der Waals surface area contributed by atoms with Crippen molar-refractivity contribution < 1.29 is 14.0 Å². The molecule has 22 heavy (non-hydrogen) atoms. The number of hydrogen-bond acceptors (Lipinski definition) is 2. The molecular weight excluding hydrogens is 283 g/mol. The molecule has 0 unspecified atom stereocenters. The van der Waals surface area contributed by atoms with Crippen molar-refractivity contribution in [1.82, 2.24) is 10.3 Å². The van der Waals surface area contributed by atoms with Crippen molar-refractivity contribution in [3.8, 4) is 11.3 Å². The molecule has 0 bridgehead atoms. The van der Waals surface area contributed by atoms with Crippen LogP contribution in [0.25, 0.3) is 22.2 Å². The van der Waals surface area contributed by atoms with Gasteiger partial charge in [0, 0.05) is 34.6 Å². The number of carbonyl (C=O) groups excluding carboxylic acids is 2. The van der Waals surface area contributed by atoms with Crippen LogP contribution in [0.3, 0.4) is 0 Å². The van der Waals surface area contributed by atoms with Gasteiger partial charge < -0.3 is 10.3 Å². The van der Waals surface area contributed by atoms with Gasteiger partial charge in [-0.1, -0.05) is 18.2 Å². The highest BCUT2D eigenvalue weighted by atomic mass is 19.1. The standard InChI is InChI=1S/C17H13FN2O2/c1-19-17(22)10-6-7-14(18)12(8-10)16-13(9-21)11-4-2-3-5-15(11)20-16/h2-9,20H,1H3,(H,19,22). The average molecular weight is 296 g/mol. The summed E-state index contributed by atoms with van der Waals surface area (Å²) in [4.78, 5) is 26.2. The topological polar surface area (TPSA) is 62.0 Å². The lowest BCUT2D eigenvalue weighted by atomic mass is 10.0. The number of aldehydes is 1. The van der Waals surface area contributed by atoms with Gasteiger partial charge in [0.2, 0.25) is 0 Å². The number of nitrogens with one attached hydrogen (secondary N) is 2. The van der Waals surface area contributed by atoms with E-state index in [1.54, 1.807) is 6.07 Å². The van der Waals surface area contributed by atoms with Crippen molar-refractivity contribution in [3.05, 3.63) is 59.4 Å². The first-order chi connectivity index (χ1) is 10.7. The van der Waals surface area contributed by atoms with Crippen LogP contribution in [-0.2, 0) is 0 Å². The zero-order valence-corrected chi connectivity index (χ0v) is 11.8. The number of aromatic nitrogens is 1. The molecule has 3 aromatic rings. The van der Waals surface area contributed by atoms with E-state index < -0.39 is 5.82 Å². The lowest BCUT2D eigenvalue weighted by Crippen LogP contribution is -2.17. The first-order valence-electron chi connectivity index (χ1n) is 6.73. The normalized spacial score (nSPS) is 10.6. The molecule has 0 aliphatic heterocycles. The third-order valence-electron chi connectivity index (χ3n) is 3.59. The summed E-state index contributed by atoms with van der Waals surface area (Å²) >= 11 is 0. The maximum absolute atomic E-state index is 14.2. The number of halogens is 1. The summed E-state index contributed by atoms with van der Waals surface area (Å²) in [5.41, 5.74) is 2.01. The van der Waals surface area contributed by atoms with Crippen molar-refractivity contribution >= 4 is 23.1 Å². The van der Waals surface area contributed by atoms with E-state index in [2.05, 4.69) is 10.3 Å². The zero-order chi connectivity index (χ0) is 15.7. The molecule has 2 aromatic carbocycles. The van der Waals surface area contributed by atoms with Crippen LogP contribution in [0, 0.1) is 5.82 Å². The number of benzene rings is 2. The Balaban J connectivity index is 2.27. The van der Waals surface area contributed by atoms with Crippen LogP contribution in [0.4, 0.5) is 4.39 Å². The molecule has 1 aromatic heterocycles. The number of para-hydroxylation sites is 1. The lowest BCUT2D eigenvalue weighted by Gasteiger charge is -2.06. The molecule has 2 N–H and O–H groups in total. The number of hydrogen-bond donors (Lipinski definition) is 2. The fraction of sp³-hybridized carbons (Fsp3) is 0.0588. The third kappa shape index (κ3) is 2.16. The first kappa shape index (κ1) is 14.0. The highest BCUT2D eigenvalue weighted by Gasteiger charge is 2.17. The van der Waals surface area contributed by atoms with Gasteiger partial charge in [-0.2, -0.15) is 0 Å². The molecule has 0 atom stereocenters. The predicted molar refractivity (Wildman–Crippen MR) is 82.5 cm³/mol. The fourth-order valence-electron chi connectivity index (χ4n) is 2.50. The summed E-state index contributed by atoms with van der Waals surface area (Å²) in [7, 11) is 1.51. The summed E-state index contributed by atoms with van der Waals surface area (Å²) in [6, 6.07) is 11.3. The second-order valence-electron chi connectivity index (χ2n) is 4.85. The van der Waals surface area contributed by atoms with E-state index >= 15 is 0 Å². The minimum Gasteiger partial charge on any atom is -0.355 e. The molecule has 1 heterocycles. The molecule has 0 saturated carbocycles. The Hall–Kier alpha value is -2.95. The van der Waals surface area contributed by atoms with Crippen LogP contribution in [0.1, 0.15) is 20.7 Å². The van der Waals surface area contributed by atoms with Crippen LogP contribution in [0.2, 0.25) is 0 Å². The number of fused-ring (bicyclic) bond motifs is 1. The Morgan fingerprint density at radius 1 is 1.23 bits per heavy atom. The molecule has 4 nitrogen and oxygen atoms in total. The predicted octanol–water partition coefficient (Wildman–Crippen LogP) is 3.15. The van der Waals surface area contributed by atoms with E-state index in [4.69, 9.17) is 0 Å². The Morgan fingerprint density at radius 2 is 2.00 bits per heavy atom. The number of carbonyl (C=O) groups is 2. The van der Waals surface area contributed by atoms with Gasteiger partial charge in [-0.15, -0.1) is 0 Å². The van der Waals surface area contributed by atoms with E-state index in [9.17, 15) is 14.0 Å². The van der Waals surface area contributed by atoms with Crippen LogP contribution in [0.5, 0.6) is 0 Å². The van der Waals surface area contributed by atoms with Gasteiger partial charge in [0.15, 0.2) is 6.29 Å². The van der Waals surface area contributed by atoms with Crippen molar-refractivity contribution in [2.75, 3.05) is 7.05 Å². The van der Waals surface area contributed by atoms with E-state index in [0.29, 0.717) is 23.1 Å². The van der Waals surface area contributed by atoms with Gasteiger partial charge in [0.25, 0.3) is 5.91 Å². The van der Waals surface area contributed by atoms with E-state index in [1.165, 1.54) is 25.2 Å². The minimum absolute atomic E-state index is 0.194. The van der Waals surface area contributed by atoms with E-state index in [0.717, 1.165) is 10.9 Å². The summed E-state index contributed by atoms with van der Waals surface area (Å²) in [5, 5.41) is 3.21. The van der Waals surface area contributed by atoms with Crippen LogP contribution >= 0.6 is 0 Å². The van der Waals surface area contributed by atoms with Gasteiger partial charge in [-0.25, -0.2) is 4.39 Å². The summed E-state index contributed by atoms with van der Waals surface area (Å²) in [6.07, 6.45) is 0.695. The minimum atomic E-state index is -0.498. The smallest absolute Gasteiger partial charge is 0.251 e. The maximum atomic E-state index is 14.2. The van der Waals surface area contributed by atoms with Gasteiger partial charge >= 0.3 is 0 Å². The molecular formula is C17H13FN2O2. The number of rotatable bonds is 3. The van der Waals surface area contributed by atoms with Gasteiger partial charge in [0.1, 0.15) is 5.82 Å². The Morgan fingerprint density at radius 3 is 2.73 bits per heavy atom. The molecule has 0 fully saturated rings. The molecule has 3 rings (SSSR count). The first-order valence-corrected chi connectivity index (χ1v) is 6.73. The molecule has 110 valence electrons. The Labute approximate surface area is 126 Å². The van der Waals surface area contributed by atoms with Gasteiger partial charge in [0.05, 0.1) is 5.69 Å². The second-order valence-corrected chi connectivity index (χ2v) is 4.85. The third-order valence-corrected chi connectivity index (χ3v) is 3.59. The largest absolute Gasteiger partial charge is 0.355 e. The maximum Gasteiger partial charge on any atom is 0.251 e. The van der Waals surface area contributed by atoms with Crippen molar-refractivity contribution in [1.29, 1.82) is 0 Å². The van der Waals surface area contributed by atoms with Gasteiger partial charge in [-0.3, -0.25) is 9.59 Å². The number of amides is 1. The highest BCUT2D eigenvalue weighted by Crippen LogP contribution is 2.31. The Bertz CT molecular complexity index is 883. The van der Waals surface area contributed by atoms with Crippen molar-refractivity contribution in [3.63, 3.8) is 0 Å². The summed E-state index contributed by atoms with van der Waals surface area (Å²) in [5.74, 6) is -0.813. The molecule has 0 spiro atoms. The lowest BCUT2D eigenvalue weighted by molar-refractivity contribution is 0.0963. The summed E-state index contributed by atoms with van der Waals surface area (Å²) in [6.45, 7) is 0. The van der Waals surface area contributed by atoms with Crippen LogP contribution < -0.4 is 5.32 Å². The number of H-pyrrole nitrogens is 1. The highest BCUT2D eigenvalue weighted by molar-refractivity contribution is 6.05. The number of aromatic amines is 1. The zero-order valence-electron chi connectivity index (χ0n) is 11.8.